The summed E-state index contributed by atoms with van der Waals surface area (Å²) in [7, 11) is 0. The molecule has 0 spiro atoms. The molecule has 1 aliphatic heterocycles. The SMILES string of the molecule is CC(C)N1CCc2cn[nH]c2CC1. The molecule has 0 radical (unpaired) electrons. The smallest absolute Gasteiger partial charge is 0.0522 e. The minimum absolute atomic E-state index is 0.664. The lowest BCUT2D eigenvalue weighted by Crippen LogP contribution is -2.33. The van der Waals surface area contributed by atoms with E-state index in [1.54, 1.807) is 0 Å². The van der Waals surface area contributed by atoms with Crippen LogP contribution in [-0.2, 0) is 12.8 Å². The van der Waals surface area contributed by atoms with Crippen LogP contribution in [0.4, 0.5) is 0 Å². The highest BCUT2D eigenvalue weighted by atomic mass is 15.2. The molecule has 72 valence electrons. The van der Waals surface area contributed by atoms with Crippen LogP contribution in [0.5, 0.6) is 0 Å². The van der Waals surface area contributed by atoms with E-state index in [9.17, 15) is 0 Å². The van der Waals surface area contributed by atoms with Crippen molar-refractivity contribution in [2.75, 3.05) is 13.1 Å². The van der Waals surface area contributed by atoms with Crippen molar-refractivity contribution < 1.29 is 0 Å². The number of aromatic nitrogens is 2. The molecule has 3 nitrogen and oxygen atoms in total. The van der Waals surface area contributed by atoms with Crippen LogP contribution in [0.1, 0.15) is 25.1 Å². The zero-order chi connectivity index (χ0) is 9.26. The van der Waals surface area contributed by atoms with Crippen molar-refractivity contribution in [3.63, 3.8) is 0 Å². The molecule has 0 saturated heterocycles. The Morgan fingerprint density at radius 2 is 2.15 bits per heavy atom. The second-order valence-corrected chi connectivity index (χ2v) is 4.00. The lowest BCUT2D eigenvalue weighted by molar-refractivity contribution is 0.232. The zero-order valence-electron chi connectivity index (χ0n) is 8.38. The van der Waals surface area contributed by atoms with Gasteiger partial charge in [-0.2, -0.15) is 5.10 Å². The third kappa shape index (κ3) is 1.75. The molecule has 0 bridgehead atoms. The summed E-state index contributed by atoms with van der Waals surface area (Å²) in [5.74, 6) is 0. The molecular formula is C10H17N3. The lowest BCUT2D eigenvalue weighted by Gasteiger charge is -2.23. The molecule has 1 aromatic heterocycles. The molecule has 0 aliphatic carbocycles. The van der Waals surface area contributed by atoms with Crippen molar-refractivity contribution in [2.45, 2.75) is 32.7 Å². The van der Waals surface area contributed by atoms with Crippen LogP contribution in [-0.4, -0.2) is 34.2 Å². The summed E-state index contributed by atoms with van der Waals surface area (Å²) < 4.78 is 0. The number of nitrogens with one attached hydrogen (secondary N) is 1. The van der Waals surface area contributed by atoms with E-state index < -0.39 is 0 Å². The lowest BCUT2D eigenvalue weighted by atomic mass is 10.2. The van der Waals surface area contributed by atoms with Gasteiger partial charge in [-0.1, -0.05) is 0 Å². The first-order chi connectivity index (χ1) is 6.27. The maximum Gasteiger partial charge on any atom is 0.0522 e. The van der Waals surface area contributed by atoms with Gasteiger partial charge in [0.25, 0.3) is 0 Å². The number of aromatic amines is 1. The average molecular weight is 179 g/mol. The van der Waals surface area contributed by atoms with E-state index in [4.69, 9.17) is 0 Å². The molecule has 0 unspecified atom stereocenters. The fraction of sp³-hybridized carbons (Fsp3) is 0.700. The van der Waals surface area contributed by atoms with Gasteiger partial charge in [-0.25, -0.2) is 0 Å². The van der Waals surface area contributed by atoms with E-state index in [1.165, 1.54) is 17.8 Å². The van der Waals surface area contributed by atoms with Crippen molar-refractivity contribution in [3.05, 3.63) is 17.5 Å². The van der Waals surface area contributed by atoms with Crippen LogP contribution < -0.4 is 0 Å². The zero-order valence-corrected chi connectivity index (χ0v) is 8.38. The molecular weight excluding hydrogens is 162 g/mol. The monoisotopic (exact) mass is 179 g/mol. The highest BCUT2D eigenvalue weighted by Crippen LogP contribution is 2.13. The molecule has 1 aromatic rings. The van der Waals surface area contributed by atoms with Gasteiger partial charge in [-0.15, -0.1) is 0 Å². The summed E-state index contributed by atoms with van der Waals surface area (Å²) in [6.07, 6.45) is 4.23. The number of H-pyrrole nitrogens is 1. The first-order valence-corrected chi connectivity index (χ1v) is 5.02. The third-order valence-corrected chi connectivity index (χ3v) is 2.86. The predicted octanol–water partition coefficient (Wildman–Crippen LogP) is 1.22. The van der Waals surface area contributed by atoms with E-state index in [0.717, 1.165) is 19.4 Å². The van der Waals surface area contributed by atoms with Crippen molar-refractivity contribution in [3.8, 4) is 0 Å². The Morgan fingerprint density at radius 1 is 1.38 bits per heavy atom. The van der Waals surface area contributed by atoms with E-state index >= 15 is 0 Å². The molecule has 0 saturated carbocycles. The normalized spacial score (nSPS) is 18.7. The maximum atomic E-state index is 4.07. The Kier molecular flexibility index (Phi) is 2.36. The van der Waals surface area contributed by atoms with Gasteiger partial charge in [0.05, 0.1) is 6.20 Å². The Morgan fingerprint density at radius 3 is 2.92 bits per heavy atom. The number of rotatable bonds is 1. The van der Waals surface area contributed by atoms with Crippen LogP contribution >= 0.6 is 0 Å². The van der Waals surface area contributed by atoms with E-state index in [-0.39, 0.29) is 0 Å². The van der Waals surface area contributed by atoms with Crippen molar-refractivity contribution >= 4 is 0 Å². The standard InChI is InChI=1S/C10H17N3/c1-8(2)13-5-3-9-7-11-12-10(9)4-6-13/h7-8H,3-6H2,1-2H3,(H,11,12). The van der Waals surface area contributed by atoms with Gasteiger partial charge in [-0.05, 0) is 25.8 Å². The Bertz CT molecular complexity index is 255. The fourth-order valence-corrected chi connectivity index (χ4v) is 1.92. The van der Waals surface area contributed by atoms with Crippen LogP contribution in [0.15, 0.2) is 6.20 Å². The number of nitrogens with zero attached hydrogens (tertiary/aromatic N) is 2. The van der Waals surface area contributed by atoms with Gasteiger partial charge < -0.3 is 4.90 Å². The van der Waals surface area contributed by atoms with Crippen LogP contribution in [0, 0.1) is 0 Å². The second kappa shape index (κ2) is 3.50. The number of hydrogen-bond acceptors (Lipinski definition) is 2. The summed E-state index contributed by atoms with van der Waals surface area (Å²) in [4.78, 5) is 2.52. The molecule has 1 N–H and O–H groups in total. The highest BCUT2D eigenvalue weighted by Gasteiger charge is 2.16. The van der Waals surface area contributed by atoms with Crippen molar-refractivity contribution in [2.24, 2.45) is 0 Å². The molecule has 2 heterocycles. The van der Waals surface area contributed by atoms with E-state index in [1.807, 2.05) is 6.20 Å². The van der Waals surface area contributed by atoms with Gasteiger partial charge in [0.1, 0.15) is 0 Å². The van der Waals surface area contributed by atoms with Gasteiger partial charge in [0, 0.05) is 31.2 Å². The van der Waals surface area contributed by atoms with Crippen LogP contribution in [0.3, 0.4) is 0 Å². The van der Waals surface area contributed by atoms with E-state index in [2.05, 4.69) is 28.9 Å². The molecule has 0 amide bonds. The molecule has 0 atom stereocenters. The third-order valence-electron chi connectivity index (χ3n) is 2.86. The van der Waals surface area contributed by atoms with Crippen molar-refractivity contribution in [1.29, 1.82) is 0 Å². The molecule has 3 heteroatoms. The highest BCUT2D eigenvalue weighted by molar-refractivity contribution is 5.18. The molecule has 1 aliphatic rings. The number of fused-ring (bicyclic) bond motifs is 1. The van der Waals surface area contributed by atoms with Gasteiger partial charge in [0.15, 0.2) is 0 Å². The molecule has 13 heavy (non-hydrogen) atoms. The molecule has 0 aromatic carbocycles. The first-order valence-electron chi connectivity index (χ1n) is 5.02. The van der Waals surface area contributed by atoms with Gasteiger partial charge in [0.2, 0.25) is 0 Å². The van der Waals surface area contributed by atoms with Gasteiger partial charge >= 0.3 is 0 Å². The summed E-state index contributed by atoms with van der Waals surface area (Å²) in [6.45, 7) is 6.85. The van der Waals surface area contributed by atoms with Crippen LogP contribution in [0.2, 0.25) is 0 Å². The average Bonchev–Trinajstić information content (AvgIpc) is 2.44. The van der Waals surface area contributed by atoms with E-state index in [0.29, 0.717) is 6.04 Å². The van der Waals surface area contributed by atoms with Crippen LogP contribution in [0.25, 0.3) is 0 Å². The van der Waals surface area contributed by atoms with Gasteiger partial charge in [-0.3, -0.25) is 5.10 Å². The largest absolute Gasteiger partial charge is 0.300 e. The minimum atomic E-state index is 0.664. The summed E-state index contributed by atoms with van der Waals surface area (Å²) in [6, 6.07) is 0.664. The Labute approximate surface area is 79.1 Å². The number of hydrogen-bond donors (Lipinski definition) is 1. The summed E-state index contributed by atoms with van der Waals surface area (Å²) in [5, 5.41) is 7.15. The Hall–Kier alpha value is -0.830. The topological polar surface area (TPSA) is 31.9 Å². The maximum absolute atomic E-state index is 4.07. The Balaban J connectivity index is 2.08. The first kappa shape index (κ1) is 8.75. The minimum Gasteiger partial charge on any atom is -0.300 e. The van der Waals surface area contributed by atoms with Crippen molar-refractivity contribution in [1.82, 2.24) is 15.1 Å². The summed E-state index contributed by atoms with van der Waals surface area (Å²) in [5.41, 5.74) is 2.74. The quantitative estimate of drug-likeness (QED) is 0.703. The summed E-state index contributed by atoms with van der Waals surface area (Å²) >= 11 is 0. The second-order valence-electron chi connectivity index (χ2n) is 4.00. The molecule has 0 fully saturated rings. The molecule has 2 rings (SSSR count). The fourth-order valence-electron chi connectivity index (χ4n) is 1.92. The predicted molar refractivity (Wildman–Crippen MR) is 52.7 cm³/mol.